The van der Waals surface area contributed by atoms with Crippen molar-refractivity contribution in [1.82, 2.24) is 10.2 Å². The molecule has 0 spiro atoms. The quantitative estimate of drug-likeness (QED) is 0.628. The lowest BCUT2D eigenvalue weighted by Crippen LogP contribution is -2.04. The van der Waals surface area contributed by atoms with Crippen LogP contribution in [0.1, 0.15) is 21.1 Å². The number of benzene rings is 1. The average molecular weight is 329 g/mol. The Bertz CT molecular complexity index is 584. The Morgan fingerprint density at radius 2 is 2.32 bits per heavy atom. The smallest absolute Gasteiger partial charge is 0.357 e. The van der Waals surface area contributed by atoms with Gasteiger partial charge in [0.25, 0.3) is 0 Å². The summed E-state index contributed by atoms with van der Waals surface area (Å²) in [4.78, 5) is 10.9. The standard InChI is InChI=1S/C12H13BrN2O4/c1-18-4-5-19-11(13)7-2-3-8-9(6-7)14-15-10(8)12(16)17/h2-3,6,11H,4-5H2,1H3,(H,14,15)(H,16,17). The molecule has 0 aliphatic carbocycles. The van der Waals surface area contributed by atoms with Crippen molar-refractivity contribution in [3.8, 4) is 0 Å². The number of fused-ring (bicyclic) bond motifs is 1. The van der Waals surface area contributed by atoms with E-state index in [1.807, 2.05) is 0 Å². The van der Waals surface area contributed by atoms with Crippen LogP contribution in [0.3, 0.4) is 0 Å². The Kier molecular flexibility index (Phi) is 4.52. The third-order valence-electron chi connectivity index (χ3n) is 2.60. The fourth-order valence-corrected chi connectivity index (χ4v) is 2.14. The van der Waals surface area contributed by atoms with Gasteiger partial charge in [0.05, 0.1) is 18.7 Å². The van der Waals surface area contributed by atoms with Gasteiger partial charge in [-0.25, -0.2) is 4.79 Å². The van der Waals surface area contributed by atoms with Crippen molar-refractivity contribution in [1.29, 1.82) is 0 Å². The number of carboxylic acid groups (broad SMARTS) is 1. The average Bonchev–Trinajstić information content (AvgIpc) is 2.81. The number of rotatable bonds is 6. The molecule has 1 atom stereocenters. The first-order chi connectivity index (χ1) is 9.13. The molecule has 6 nitrogen and oxygen atoms in total. The fraction of sp³-hybridized carbons (Fsp3) is 0.333. The van der Waals surface area contributed by atoms with Crippen molar-refractivity contribution in [3.63, 3.8) is 0 Å². The van der Waals surface area contributed by atoms with Gasteiger partial charge in [-0.05, 0) is 17.7 Å². The summed E-state index contributed by atoms with van der Waals surface area (Å²) in [7, 11) is 1.61. The summed E-state index contributed by atoms with van der Waals surface area (Å²) in [5.41, 5.74) is 1.56. The van der Waals surface area contributed by atoms with Gasteiger partial charge in [0, 0.05) is 12.5 Å². The van der Waals surface area contributed by atoms with E-state index in [1.165, 1.54) is 0 Å². The van der Waals surface area contributed by atoms with Gasteiger partial charge in [-0.3, -0.25) is 5.10 Å². The highest BCUT2D eigenvalue weighted by atomic mass is 79.9. The normalized spacial score (nSPS) is 12.7. The summed E-state index contributed by atoms with van der Waals surface area (Å²) < 4.78 is 10.4. The van der Waals surface area contributed by atoms with Gasteiger partial charge in [-0.15, -0.1) is 0 Å². The molecule has 102 valence electrons. The number of aromatic nitrogens is 2. The fourth-order valence-electron chi connectivity index (χ4n) is 1.67. The molecule has 0 aliphatic heterocycles. The van der Waals surface area contributed by atoms with Crippen LogP contribution < -0.4 is 0 Å². The highest BCUT2D eigenvalue weighted by molar-refractivity contribution is 9.09. The summed E-state index contributed by atoms with van der Waals surface area (Å²) >= 11 is 3.41. The zero-order chi connectivity index (χ0) is 13.8. The Balaban J connectivity index is 2.20. The van der Waals surface area contributed by atoms with Crippen LogP contribution in [0.2, 0.25) is 0 Å². The zero-order valence-corrected chi connectivity index (χ0v) is 11.8. The van der Waals surface area contributed by atoms with E-state index in [2.05, 4.69) is 26.1 Å². The summed E-state index contributed by atoms with van der Waals surface area (Å²) in [6.45, 7) is 0.978. The number of carboxylic acids is 1. The second kappa shape index (κ2) is 6.14. The Hall–Kier alpha value is -1.44. The topological polar surface area (TPSA) is 84.4 Å². The van der Waals surface area contributed by atoms with Crippen molar-refractivity contribution in [2.24, 2.45) is 0 Å². The van der Waals surface area contributed by atoms with Crippen molar-refractivity contribution < 1.29 is 19.4 Å². The lowest BCUT2D eigenvalue weighted by molar-refractivity contribution is 0.0599. The molecule has 0 saturated heterocycles. The van der Waals surface area contributed by atoms with Crippen LogP contribution >= 0.6 is 15.9 Å². The number of nitrogens with one attached hydrogen (secondary N) is 1. The van der Waals surface area contributed by atoms with Gasteiger partial charge >= 0.3 is 5.97 Å². The third kappa shape index (κ3) is 3.12. The first-order valence-electron chi connectivity index (χ1n) is 5.59. The van der Waals surface area contributed by atoms with Crippen LogP contribution in [0.5, 0.6) is 0 Å². The van der Waals surface area contributed by atoms with Gasteiger partial charge in [-0.1, -0.05) is 22.0 Å². The minimum atomic E-state index is -1.05. The molecule has 1 aromatic heterocycles. The van der Waals surface area contributed by atoms with E-state index in [1.54, 1.807) is 25.3 Å². The van der Waals surface area contributed by atoms with E-state index in [9.17, 15) is 4.79 Å². The minimum absolute atomic E-state index is 0.0213. The zero-order valence-electron chi connectivity index (χ0n) is 10.2. The number of aromatic carboxylic acids is 1. The number of H-pyrrole nitrogens is 1. The SMILES string of the molecule is COCCOC(Br)c1ccc2c(C(=O)O)n[nH]c2c1. The lowest BCUT2D eigenvalue weighted by Gasteiger charge is -2.11. The number of methoxy groups -OCH3 is 1. The highest BCUT2D eigenvalue weighted by Crippen LogP contribution is 2.27. The molecule has 2 rings (SSSR count). The van der Waals surface area contributed by atoms with E-state index in [-0.39, 0.29) is 10.7 Å². The number of hydrogen-bond donors (Lipinski definition) is 2. The van der Waals surface area contributed by atoms with Crippen molar-refractivity contribution in [2.75, 3.05) is 20.3 Å². The molecule has 2 aromatic rings. The molecule has 0 bridgehead atoms. The van der Waals surface area contributed by atoms with E-state index < -0.39 is 5.97 Å². The third-order valence-corrected chi connectivity index (χ3v) is 3.40. The lowest BCUT2D eigenvalue weighted by atomic mass is 10.1. The molecule has 1 unspecified atom stereocenters. The molecule has 1 heterocycles. The Morgan fingerprint density at radius 3 is 3.00 bits per heavy atom. The summed E-state index contributed by atoms with van der Waals surface area (Å²) in [5.74, 6) is -1.05. The molecule has 0 radical (unpaired) electrons. The highest BCUT2D eigenvalue weighted by Gasteiger charge is 2.15. The Morgan fingerprint density at radius 1 is 1.53 bits per heavy atom. The monoisotopic (exact) mass is 328 g/mol. The number of ether oxygens (including phenoxy) is 2. The number of carbonyl (C=O) groups is 1. The Labute approximate surface area is 117 Å². The molecule has 0 saturated carbocycles. The second-order valence-electron chi connectivity index (χ2n) is 3.86. The first-order valence-corrected chi connectivity index (χ1v) is 6.51. The molecule has 19 heavy (non-hydrogen) atoms. The van der Waals surface area contributed by atoms with Crippen LogP contribution in [-0.4, -0.2) is 41.6 Å². The van der Waals surface area contributed by atoms with Crippen LogP contribution in [0.15, 0.2) is 18.2 Å². The summed E-state index contributed by atoms with van der Waals surface area (Å²) in [6.07, 6.45) is 0. The predicted molar refractivity (Wildman–Crippen MR) is 72.5 cm³/mol. The van der Waals surface area contributed by atoms with Crippen LogP contribution in [-0.2, 0) is 9.47 Å². The maximum absolute atomic E-state index is 10.9. The summed E-state index contributed by atoms with van der Waals surface area (Å²) in [6, 6.07) is 5.32. The van der Waals surface area contributed by atoms with E-state index >= 15 is 0 Å². The number of alkyl halides is 1. The van der Waals surface area contributed by atoms with Crippen molar-refractivity contribution >= 4 is 32.8 Å². The first kappa shape index (κ1) is 14.0. The molecule has 0 aliphatic rings. The van der Waals surface area contributed by atoms with E-state index in [0.717, 1.165) is 5.56 Å². The molecule has 0 amide bonds. The van der Waals surface area contributed by atoms with Gasteiger partial charge in [0.2, 0.25) is 0 Å². The van der Waals surface area contributed by atoms with E-state index in [4.69, 9.17) is 14.6 Å². The van der Waals surface area contributed by atoms with Gasteiger partial charge in [0.15, 0.2) is 5.69 Å². The molecule has 0 fully saturated rings. The largest absolute Gasteiger partial charge is 0.476 e. The molecule has 7 heteroatoms. The maximum atomic E-state index is 10.9. The predicted octanol–water partition coefficient (Wildman–Crippen LogP) is 2.32. The van der Waals surface area contributed by atoms with Gasteiger partial charge in [0.1, 0.15) is 5.01 Å². The van der Waals surface area contributed by atoms with Crippen molar-refractivity contribution in [3.05, 3.63) is 29.5 Å². The summed E-state index contributed by atoms with van der Waals surface area (Å²) in [5, 5.41) is 15.7. The van der Waals surface area contributed by atoms with Gasteiger partial charge in [-0.2, -0.15) is 5.10 Å². The van der Waals surface area contributed by atoms with Crippen LogP contribution in [0.25, 0.3) is 10.9 Å². The number of hydrogen-bond acceptors (Lipinski definition) is 4. The minimum Gasteiger partial charge on any atom is -0.476 e. The number of halogens is 1. The maximum Gasteiger partial charge on any atom is 0.357 e. The van der Waals surface area contributed by atoms with Crippen LogP contribution in [0.4, 0.5) is 0 Å². The van der Waals surface area contributed by atoms with Gasteiger partial charge < -0.3 is 14.6 Å². The van der Waals surface area contributed by atoms with Crippen molar-refractivity contribution in [2.45, 2.75) is 5.01 Å². The second-order valence-corrected chi connectivity index (χ2v) is 4.69. The molecule has 1 aromatic carbocycles. The molecular formula is C12H13BrN2O4. The molecular weight excluding hydrogens is 316 g/mol. The molecule has 2 N–H and O–H groups in total. The van der Waals surface area contributed by atoms with E-state index in [0.29, 0.717) is 24.1 Å². The van der Waals surface area contributed by atoms with Crippen LogP contribution in [0, 0.1) is 0 Å². The number of nitrogens with zero attached hydrogens (tertiary/aromatic N) is 1. The number of aromatic amines is 1.